The first-order valence-electron chi connectivity index (χ1n) is 12.0. The van der Waals surface area contributed by atoms with Gasteiger partial charge in [-0.05, 0) is 48.0 Å². The molecule has 40 heavy (non-hydrogen) atoms. The zero-order valence-corrected chi connectivity index (χ0v) is 21.8. The summed E-state index contributed by atoms with van der Waals surface area (Å²) in [6.07, 6.45) is -0.868. The lowest BCUT2D eigenvalue weighted by Crippen LogP contribution is -2.18. The standard InChI is InChI=1S/C29H21F3N2O5S/c1-37-15-16-38-26-19(5-4-6-20(26)17-35)11-14-22-25(18-9-12-21(13-10-18)39-29(30,31)32)27(36)34-23-7-2-3-8-24(23)40-28(34)33-22/h2-14,17H,15-16H2,1H3/b14-11+. The summed E-state index contributed by atoms with van der Waals surface area (Å²) in [4.78, 5) is 30.7. The Hall–Kier alpha value is -4.48. The Labute approximate surface area is 229 Å². The summed E-state index contributed by atoms with van der Waals surface area (Å²) in [5.74, 6) is -0.0624. The van der Waals surface area contributed by atoms with Gasteiger partial charge in [0.2, 0.25) is 0 Å². The van der Waals surface area contributed by atoms with Gasteiger partial charge < -0.3 is 14.2 Å². The second kappa shape index (κ2) is 11.3. The number of aromatic nitrogens is 2. The van der Waals surface area contributed by atoms with Crippen LogP contribution in [0.2, 0.25) is 0 Å². The van der Waals surface area contributed by atoms with Gasteiger partial charge in [0, 0.05) is 12.7 Å². The topological polar surface area (TPSA) is 79.1 Å². The summed E-state index contributed by atoms with van der Waals surface area (Å²) < 4.78 is 55.2. The van der Waals surface area contributed by atoms with Crippen molar-refractivity contribution in [3.8, 4) is 22.6 Å². The second-order valence-corrected chi connectivity index (χ2v) is 9.50. The number of thiazole rings is 1. The maximum Gasteiger partial charge on any atom is 0.573 e. The van der Waals surface area contributed by atoms with Crippen molar-refractivity contribution in [1.29, 1.82) is 0 Å². The molecule has 5 rings (SSSR count). The lowest BCUT2D eigenvalue weighted by Gasteiger charge is -2.12. The summed E-state index contributed by atoms with van der Waals surface area (Å²) >= 11 is 1.34. The largest absolute Gasteiger partial charge is 0.573 e. The molecule has 0 amide bonds. The van der Waals surface area contributed by atoms with E-state index in [1.54, 1.807) is 36.4 Å². The molecule has 0 radical (unpaired) electrons. The lowest BCUT2D eigenvalue weighted by molar-refractivity contribution is -0.274. The van der Waals surface area contributed by atoms with E-state index in [-0.39, 0.29) is 17.7 Å². The van der Waals surface area contributed by atoms with Gasteiger partial charge in [-0.25, -0.2) is 4.98 Å². The highest BCUT2D eigenvalue weighted by Crippen LogP contribution is 2.31. The average molecular weight is 567 g/mol. The minimum Gasteiger partial charge on any atom is -0.490 e. The predicted octanol–water partition coefficient (Wildman–Crippen LogP) is 6.48. The molecule has 11 heteroatoms. The maximum atomic E-state index is 13.9. The smallest absolute Gasteiger partial charge is 0.490 e. The number of para-hydroxylation sites is 2. The molecule has 0 aliphatic rings. The van der Waals surface area contributed by atoms with Crippen LogP contribution < -0.4 is 15.0 Å². The van der Waals surface area contributed by atoms with Crippen LogP contribution in [0.15, 0.2) is 71.5 Å². The zero-order chi connectivity index (χ0) is 28.3. The van der Waals surface area contributed by atoms with Crippen LogP contribution in [0, 0.1) is 0 Å². The van der Waals surface area contributed by atoms with Crippen LogP contribution >= 0.6 is 11.3 Å². The molecular weight excluding hydrogens is 545 g/mol. The Morgan fingerprint density at radius 3 is 2.42 bits per heavy atom. The minimum atomic E-state index is -4.84. The van der Waals surface area contributed by atoms with E-state index in [0.717, 1.165) is 16.8 Å². The number of alkyl halides is 3. The molecule has 0 saturated carbocycles. The van der Waals surface area contributed by atoms with E-state index in [9.17, 15) is 22.8 Å². The number of methoxy groups -OCH3 is 1. The number of ether oxygens (including phenoxy) is 3. The number of hydrogen-bond donors (Lipinski definition) is 0. The molecule has 0 aliphatic heterocycles. The van der Waals surface area contributed by atoms with Crippen molar-refractivity contribution < 1.29 is 32.2 Å². The van der Waals surface area contributed by atoms with Crippen LogP contribution in [0.4, 0.5) is 13.2 Å². The number of hydrogen-bond acceptors (Lipinski definition) is 7. The first-order valence-corrected chi connectivity index (χ1v) is 12.8. The molecule has 0 spiro atoms. The molecule has 0 atom stereocenters. The van der Waals surface area contributed by atoms with Crippen molar-refractivity contribution in [3.63, 3.8) is 0 Å². The molecule has 0 saturated heterocycles. The quantitative estimate of drug-likeness (QED) is 0.150. The van der Waals surface area contributed by atoms with Gasteiger partial charge >= 0.3 is 6.36 Å². The average Bonchev–Trinajstić information content (AvgIpc) is 3.31. The van der Waals surface area contributed by atoms with Crippen LogP contribution in [-0.4, -0.2) is 42.4 Å². The molecule has 0 unspecified atom stereocenters. The number of carbonyl (C=O) groups excluding carboxylic acids is 1. The number of rotatable bonds is 9. The van der Waals surface area contributed by atoms with Gasteiger partial charge in [0.1, 0.15) is 18.1 Å². The summed E-state index contributed by atoms with van der Waals surface area (Å²) in [7, 11) is 1.54. The van der Waals surface area contributed by atoms with E-state index in [1.807, 2.05) is 18.2 Å². The van der Waals surface area contributed by atoms with Crippen molar-refractivity contribution in [3.05, 3.63) is 93.9 Å². The lowest BCUT2D eigenvalue weighted by atomic mass is 10.0. The summed E-state index contributed by atoms with van der Waals surface area (Å²) in [5.41, 5.74) is 2.02. The van der Waals surface area contributed by atoms with Gasteiger partial charge in [-0.2, -0.15) is 0 Å². The Kier molecular flexibility index (Phi) is 7.67. The number of benzene rings is 3. The summed E-state index contributed by atoms with van der Waals surface area (Å²) in [6, 6.07) is 17.5. The Bertz CT molecular complexity index is 1780. The molecule has 7 nitrogen and oxygen atoms in total. The van der Waals surface area contributed by atoms with Crippen molar-refractivity contribution >= 4 is 45.0 Å². The molecule has 2 aromatic heterocycles. The third kappa shape index (κ3) is 5.61. The first-order chi connectivity index (χ1) is 19.3. The first kappa shape index (κ1) is 27.1. The summed E-state index contributed by atoms with van der Waals surface area (Å²) in [5, 5.41) is 0. The van der Waals surface area contributed by atoms with E-state index in [2.05, 4.69) is 4.74 Å². The third-order valence-corrected chi connectivity index (χ3v) is 6.94. The van der Waals surface area contributed by atoms with E-state index in [4.69, 9.17) is 14.5 Å². The van der Waals surface area contributed by atoms with Crippen LogP contribution in [0.1, 0.15) is 21.6 Å². The zero-order valence-electron chi connectivity index (χ0n) is 21.0. The second-order valence-electron chi connectivity index (χ2n) is 8.50. The fourth-order valence-electron chi connectivity index (χ4n) is 4.20. The number of fused-ring (bicyclic) bond motifs is 3. The fourth-order valence-corrected chi connectivity index (χ4v) is 5.22. The summed E-state index contributed by atoms with van der Waals surface area (Å²) in [6.45, 7) is 0.530. The van der Waals surface area contributed by atoms with Gasteiger partial charge in [-0.15, -0.1) is 13.2 Å². The van der Waals surface area contributed by atoms with Crippen LogP contribution in [-0.2, 0) is 4.74 Å². The molecule has 0 bridgehead atoms. The Morgan fingerprint density at radius 2 is 1.70 bits per heavy atom. The van der Waals surface area contributed by atoms with E-state index < -0.39 is 12.1 Å². The SMILES string of the molecule is COCCOc1c(C=O)cccc1/C=C/c1nc2sc3ccccc3n2c(=O)c1-c1ccc(OC(F)(F)F)cc1. The van der Waals surface area contributed by atoms with Crippen LogP contribution in [0.5, 0.6) is 11.5 Å². The highest BCUT2D eigenvalue weighted by atomic mass is 32.1. The number of halogens is 3. The minimum absolute atomic E-state index is 0.184. The Morgan fingerprint density at radius 1 is 0.950 bits per heavy atom. The van der Waals surface area contributed by atoms with E-state index >= 15 is 0 Å². The molecular formula is C29H21F3N2O5S. The molecule has 0 fully saturated rings. The fraction of sp³-hybridized carbons (Fsp3) is 0.138. The monoisotopic (exact) mass is 566 g/mol. The van der Waals surface area contributed by atoms with Crippen molar-refractivity contribution in [2.45, 2.75) is 6.36 Å². The number of nitrogens with zero attached hydrogens (tertiary/aromatic N) is 2. The van der Waals surface area contributed by atoms with Gasteiger partial charge in [-0.3, -0.25) is 14.0 Å². The Balaban J connectivity index is 1.66. The van der Waals surface area contributed by atoms with Gasteiger partial charge in [-0.1, -0.05) is 47.7 Å². The molecule has 2 heterocycles. The molecule has 0 aliphatic carbocycles. The molecule has 3 aromatic carbocycles. The van der Waals surface area contributed by atoms with Crippen LogP contribution in [0.3, 0.4) is 0 Å². The molecule has 0 N–H and O–H groups in total. The molecule has 5 aromatic rings. The maximum absolute atomic E-state index is 13.9. The number of carbonyl (C=O) groups is 1. The van der Waals surface area contributed by atoms with Gasteiger partial charge in [0.05, 0.1) is 33.6 Å². The third-order valence-electron chi connectivity index (χ3n) is 5.92. The highest BCUT2D eigenvalue weighted by molar-refractivity contribution is 7.23. The molecule has 204 valence electrons. The van der Waals surface area contributed by atoms with E-state index in [1.165, 1.54) is 35.0 Å². The predicted molar refractivity (Wildman–Crippen MR) is 147 cm³/mol. The highest BCUT2D eigenvalue weighted by Gasteiger charge is 2.31. The van der Waals surface area contributed by atoms with Crippen molar-refractivity contribution in [1.82, 2.24) is 9.38 Å². The van der Waals surface area contributed by atoms with Crippen LogP contribution in [0.25, 0.3) is 38.5 Å². The van der Waals surface area contributed by atoms with Crippen molar-refractivity contribution in [2.75, 3.05) is 20.3 Å². The normalized spacial score (nSPS) is 11.9. The van der Waals surface area contributed by atoms with E-state index in [0.29, 0.717) is 51.5 Å². The van der Waals surface area contributed by atoms with Gasteiger partial charge in [0.25, 0.3) is 5.56 Å². The van der Waals surface area contributed by atoms with Crippen molar-refractivity contribution in [2.24, 2.45) is 0 Å². The van der Waals surface area contributed by atoms with Gasteiger partial charge in [0.15, 0.2) is 11.2 Å². The number of aldehydes is 1.